The average Bonchev–Trinajstić information content (AvgIpc) is 2.25. The molecule has 15 heavy (non-hydrogen) atoms. The molecule has 1 rings (SSSR count). The van der Waals surface area contributed by atoms with Gasteiger partial charge in [-0.15, -0.1) is 0 Å². The van der Waals surface area contributed by atoms with Crippen LogP contribution in [-0.2, 0) is 4.74 Å². The third kappa shape index (κ3) is 3.39. The average molecular weight is 219 g/mol. The van der Waals surface area contributed by atoms with Crippen LogP contribution in [0.2, 0.25) is 0 Å². The van der Waals surface area contributed by atoms with Crippen LogP contribution in [0, 0.1) is 0 Å². The van der Waals surface area contributed by atoms with Gasteiger partial charge in [-0.05, 0) is 13.0 Å². The lowest BCUT2D eigenvalue weighted by Gasteiger charge is -2.37. The van der Waals surface area contributed by atoms with E-state index in [0.717, 1.165) is 19.4 Å². The second-order valence-electron chi connectivity index (χ2n) is 3.95. The third-order valence-electron chi connectivity index (χ3n) is 2.75. The first-order chi connectivity index (χ1) is 7.20. The number of ether oxygens (including phenoxy) is 1. The van der Waals surface area contributed by atoms with Gasteiger partial charge in [0.1, 0.15) is 18.3 Å². The van der Waals surface area contributed by atoms with Crippen molar-refractivity contribution in [1.29, 1.82) is 0 Å². The first-order valence-corrected chi connectivity index (χ1v) is 5.52. The lowest BCUT2D eigenvalue weighted by Crippen LogP contribution is -2.59. The summed E-state index contributed by atoms with van der Waals surface area (Å²) in [6.45, 7) is 2.96. The van der Waals surface area contributed by atoms with Gasteiger partial charge in [0.05, 0.1) is 19.3 Å². The van der Waals surface area contributed by atoms with Crippen LogP contribution >= 0.6 is 0 Å². The normalized spacial score (nSPS) is 36.8. The van der Waals surface area contributed by atoms with E-state index < -0.39 is 18.3 Å². The molecule has 0 spiro atoms. The number of aliphatic hydroxyl groups is 3. The van der Waals surface area contributed by atoms with Gasteiger partial charge in [-0.3, -0.25) is 0 Å². The molecule has 1 heterocycles. The molecule has 5 nitrogen and oxygen atoms in total. The molecule has 0 aromatic heterocycles. The van der Waals surface area contributed by atoms with Gasteiger partial charge < -0.3 is 25.4 Å². The summed E-state index contributed by atoms with van der Waals surface area (Å²) in [6.07, 6.45) is -0.429. The number of unbranched alkanes of at least 4 members (excludes halogenated alkanes) is 1. The highest BCUT2D eigenvalue weighted by Crippen LogP contribution is 2.15. The summed E-state index contributed by atoms with van der Waals surface area (Å²) in [6, 6.07) is -0.241. The fourth-order valence-electron chi connectivity index (χ4n) is 1.69. The van der Waals surface area contributed by atoms with Crippen molar-refractivity contribution in [2.45, 2.75) is 44.1 Å². The fourth-order valence-corrected chi connectivity index (χ4v) is 1.69. The number of aliphatic hydroxyl groups excluding tert-OH is 3. The Morgan fingerprint density at radius 3 is 2.67 bits per heavy atom. The Morgan fingerprint density at radius 1 is 1.33 bits per heavy atom. The highest BCUT2D eigenvalue weighted by Gasteiger charge is 2.37. The van der Waals surface area contributed by atoms with E-state index in [2.05, 4.69) is 12.2 Å². The molecule has 0 aromatic carbocycles. The highest BCUT2D eigenvalue weighted by atomic mass is 16.5. The van der Waals surface area contributed by atoms with Gasteiger partial charge >= 0.3 is 0 Å². The molecular formula is C10H21NO4. The lowest BCUT2D eigenvalue weighted by atomic mass is 9.98. The topological polar surface area (TPSA) is 82.0 Å². The molecule has 90 valence electrons. The predicted molar refractivity (Wildman–Crippen MR) is 55.5 cm³/mol. The van der Waals surface area contributed by atoms with E-state index in [1.54, 1.807) is 0 Å². The molecule has 0 aromatic rings. The highest BCUT2D eigenvalue weighted by molar-refractivity contribution is 4.90. The maximum absolute atomic E-state index is 9.73. The van der Waals surface area contributed by atoms with E-state index >= 15 is 0 Å². The van der Waals surface area contributed by atoms with Crippen molar-refractivity contribution in [1.82, 2.24) is 5.32 Å². The van der Waals surface area contributed by atoms with Crippen molar-refractivity contribution in [2.75, 3.05) is 19.8 Å². The van der Waals surface area contributed by atoms with Crippen LogP contribution in [-0.4, -0.2) is 59.4 Å². The Kier molecular flexibility index (Phi) is 5.49. The standard InChI is InChI=1S/C10H21NO4/c1-2-3-4-11-7-6-15-8(5-12)10(14)9(7)13/h7-14H,2-6H2,1H3/t7-,8-,9-,10-/m1/s1. The van der Waals surface area contributed by atoms with Gasteiger partial charge in [-0.1, -0.05) is 13.3 Å². The summed E-state index contributed by atoms with van der Waals surface area (Å²) >= 11 is 0. The number of hydrogen-bond donors (Lipinski definition) is 4. The number of hydrogen-bond acceptors (Lipinski definition) is 5. The monoisotopic (exact) mass is 219 g/mol. The quantitative estimate of drug-likeness (QED) is 0.439. The Hall–Kier alpha value is -0.200. The summed E-state index contributed by atoms with van der Waals surface area (Å²) in [7, 11) is 0. The van der Waals surface area contributed by atoms with Crippen molar-refractivity contribution in [3.8, 4) is 0 Å². The van der Waals surface area contributed by atoms with Gasteiger partial charge in [-0.25, -0.2) is 0 Å². The number of nitrogens with one attached hydrogen (secondary N) is 1. The minimum atomic E-state index is -1.01. The van der Waals surface area contributed by atoms with Crippen molar-refractivity contribution in [3.05, 3.63) is 0 Å². The minimum Gasteiger partial charge on any atom is -0.394 e. The van der Waals surface area contributed by atoms with Gasteiger partial charge in [0.25, 0.3) is 0 Å². The maximum Gasteiger partial charge on any atom is 0.110 e. The van der Waals surface area contributed by atoms with Gasteiger partial charge in [-0.2, -0.15) is 0 Å². The van der Waals surface area contributed by atoms with Crippen molar-refractivity contribution in [3.63, 3.8) is 0 Å². The zero-order valence-corrected chi connectivity index (χ0v) is 9.09. The molecule has 0 saturated carbocycles. The van der Waals surface area contributed by atoms with E-state index in [1.165, 1.54) is 0 Å². The summed E-state index contributed by atoms with van der Waals surface area (Å²) < 4.78 is 5.23. The second-order valence-corrected chi connectivity index (χ2v) is 3.95. The Bertz CT molecular complexity index is 177. The fraction of sp³-hybridized carbons (Fsp3) is 1.00. The molecule has 5 heteroatoms. The molecule has 4 N–H and O–H groups in total. The van der Waals surface area contributed by atoms with E-state index in [-0.39, 0.29) is 12.6 Å². The van der Waals surface area contributed by atoms with Crippen molar-refractivity contribution in [2.24, 2.45) is 0 Å². The minimum absolute atomic E-state index is 0.241. The zero-order chi connectivity index (χ0) is 11.3. The van der Waals surface area contributed by atoms with Gasteiger partial charge in [0.2, 0.25) is 0 Å². The molecule has 1 saturated heterocycles. The Labute approximate surface area is 90.1 Å². The molecule has 4 atom stereocenters. The molecule has 0 aliphatic carbocycles. The first kappa shape index (κ1) is 12.9. The summed E-state index contributed by atoms with van der Waals surface area (Å²) in [5, 5.41) is 31.3. The summed E-state index contributed by atoms with van der Waals surface area (Å²) in [5.41, 5.74) is 0. The summed E-state index contributed by atoms with van der Waals surface area (Å²) in [5.74, 6) is 0. The molecule has 0 unspecified atom stereocenters. The van der Waals surface area contributed by atoms with E-state index in [0.29, 0.717) is 6.61 Å². The zero-order valence-electron chi connectivity index (χ0n) is 9.09. The molecule has 1 aliphatic heterocycles. The van der Waals surface area contributed by atoms with E-state index in [9.17, 15) is 10.2 Å². The first-order valence-electron chi connectivity index (χ1n) is 5.52. The Balaban J connectivity index is 2.35. The summed E-state index contributed by atoms with van der Waals surface area (Å²) in [4.78, 5) is 0. The maximum atomic E-state index is 9.73. The SMILES string of the molecule is CCCCN[C@@H]1CO[C@H](CO)[C@@H](O)[C@@H]1O. The van der Waals surface area contributed by atoms with Gasteiger partial charge in [0.15, 0.2) is 0 Å². The van der Waals surface area contributed by atoms with Crippen molar-refractivity contribution >= 4 is 0 Å². The van der Waals surface area contributed by atoms with Crippen LogP contribution in [0.5, 0.6) is 0 Å². The van der Waals surface area contributed by atoms with Gasteiger partial charge in [0, 0.05) is 0 Å². The molecule has 1 aliphatic rings. The Morgan fingerprint density at radius 2 is 2.07 bits per heavy atom. The molecular weight excluding hydrogens is 198 g/mol. The molecule has 0 bridgehead atoms. The van der Waals surface area contributed by atoms with Crippen LogP contribution < -0.4 is 5.32 Å². The van der Waals surface area contributed by atoms with Crippen LogP contribution in [0.1, 0.15) is 19.8 Å². The van der Waals surface area contributed by atoms with Crippen LogP contribution in [0.4, 0.5) is 0 Å². The van der Waals surface area contributed by atoms with Crippen molar-refractivity contribution < 1.29 is 20.1 Å². The second kappa shape index (κ2) is 6.40. The van der Waals surface area contributed by atoms with E-state index in [4.69, 9.17) is 9.84 Å². The predicted octanol–water partition coefficient (Wildman–Crippen LogP) is -1.14. The van der Waals surface area contributed by atoms with Crippen LogP contribution in [0.3, 0.4) is 0 Å². The largest absolute Gasteiger partial charge is 0.394 e. The van der Waals surface area contributed by atoms with Crippen LogP contribution in [0.15, 0.2) is 0 Å². The molecule has 0 radical (unpaired) electrons. The molecule has 1 fully saturated rings. The third-order valence-corrected chi connectivity index (χ3v) is 2.75. The number of rotatable bonds is 5. The smallest absolute Gasteiger partial charge is 0.110 e. The van der Waals surface area contributed by atoms with E-state index in [1.807, 2.05) is 0 Å². The molecule has 0 amide bonds. The lowest BCUT2D eigenvalue weighted by molar-refractivity contribution is -0.161. The van der Waals surface area contributed by atoms with Crippen LogP contribution in [0.25, 0.3) is 0 Å².